The Labute approximate surface area is 146 Å². The van der Waals surface area contributed by atoms with Crippen molar-refractivity contribution in [3.05, 3.63) is 78.1 Å². The second-order valence-corrected chi connectivity index (χ2v) is 6.03. The zero-order chi connectivity index (χ0) is 17.8. The molecule has 0 radical (unpaired) electrons. The first-order valence-electron chi connectivity index (χ1n) is 8.11. The van der Waals surface area contributed by atoms with Gasteiger partial charge in [0.15, 0.2) is 0 Å². The fourth-order valence-electron chi connectivity index (χ4n) is 3.07. The van der Waals surface area contributed by atoms with Gasteiger partial charge in [-0.3, -0.25) is 9.59 Å². The SMILES string of the molecule is C=CCN(Cc1ccccc1)C(=O)C1CC(=O)Nc2cc(F)ccc21. The Morgan fingerprint density at radius 1 is 1.28 bits per heavy atom. The van der Waals surface area contributed by atoms with Crippen molar-refractivity contribution in [1.82, 2.24) is 4.90 Å². The lowest BCUT2D eigenvalue weighted by Gasteiger charge is -2.30. The zero-order valence-corrected chi connectivity index (χ0v) is 13.7. The summed E-state index contributed by atoms with van der Waals surface area (Å²) in [6.07, 6.45) is 1.72. The van der Waals surface area contributed by atoms with E-state index < -0.39 is 11.7 Å². The van der Waals surface area contributed by atoms with Crippen LogP contribution in [0.2, 0.25) is 0 Å². The monoisotopic (exact) mass is 338 g/mol. The van der Waals surface area contributed by atoms with E-state index in [2.05, 4.69) is 11.9 Å². The maximum absolute atomic E-state index is 13.5. The number of anilines is 1. The molecule has 1 aliphatic heterocycles. The highest BCUT2D eigenvalue weighted by Crippen LogP contribution is 2.34. The molecule has 2 aromatic carbocycles. The lowest BCUT2D eigenvalue weighted by molar-refractivity contribution is -0.135. The van der Waals surface area contributed by atoms with E-state index in [0.717, 1.165) is 5.56 Å². The molecule has 0 spiro atoms. The van der Waals surface area contributed by atoms with E-state index in [1.807, 2.05) is 30.3 Å². The van der Waals surface area contributed by atoms with Crippen molar-refractivity contribution >= 4 is 17.5 Å². The van der Waals surface area contributed by atoms with Crippen LogP contribution in [0.25, 0.3) is 0 Å². The molecule has 2 aromatic rings. The first kappa shape index (κ1) is 16.9. The third-order valence-electron chi connectivity index (χ3n) is 4.23. The molecule has 1 N–H and O–H groups in total. The maximum atomic E-state index is 13.5. The number of nitrogens with one attached hydrogen (secondary N) is 1. The first-order chi connectivity index (χ1) is 12.1. The normalized spacial score (nSPS) is 15.9. The number of carbonyl (C=O) groups excluding carboxylic acids is 2. The van der Waals surface area contributed by atoms with Crippen LogP contribution in [0.4, 0.5) is 10.1 Å². The van der Waals surface area contributed by atoms with Gasteiger partial charge < -0.3 is 10.2 Å². The van der Waals surface area contributed by atoms with Gasteiger partial charge in [0.1, 0.15) is 5.82 Å². The van der Waals surface area contributed by atoms with Gasteiger partial charge in [-0.05, 0) is 23.3 Å². The minimum Gasteiger partial charge on any atom is -0.334 e. The minimum atomic E-state index is -0.618. The van der Waals surface area contributed by atoms with Crippen LogP contribution in [-0.4, -0.2) is 23.3 Å². The molecule has 25 heavy (non-hydrogen) atoms. The van der Waals surface area contributed by atoms with Crippen molar-refractivity contribution < 1.29 is 14.0 Å². The summed E-state index contributed by atoms with van der Waals surface area (Å²) in [5.41, 5.74) is 2.01. The van der Waals surface area contributed by atoms with Crippen LogP contribution < -0.4 is 5.32 Å². The Hall–Kier alpha value is -2.95. The summed E-state index contributed by atoms with van der Waals surface area (Å²) in [6.45, 7) is 4.53. The highest BCUT2D eigenvalue weighted by atomic mass is 19.1. The summed E-state index contributed by atoms with van der Waals surface area (Å²) in [5.74, 6) is -1.51. The molecular weight excluding hydrogens is 319 g/mol. The summed E-state index contributed by atoms with van der Waals surface area (Å²) >= 11 is 0. The summed E-state index contributed by atoms with van der Waals surface area (Å²) in [6, 6.07) is 13.8. The molecule has 2 amide bonds. The van der Waals surface area contributed by atoms with E-state index in [0.29, 0.717) is 24.3 Å². The van der Waals surface area contributed by atoms with Crippen LogP contribution >= 0.6 is 0 Å². The standard InChI is InChI=1S/C20H19FN2O2/c1-2-10-23(13-14-6-4-3-5-7-14)20(25)17-12-19(24)22-18-11-15(21)8-9-16(17)18/h2-9,11,17H,1,10,12-13H2,(H,22,24). The van der Waals surface area contributed by atoms with Crippen LogP contribution in [0.3, 0.4) is 0 Å². The van der Waals surface area contributed by atoms with E-state index in [1.54, 1.807) is 17.0 Å². The Bertz CT molecular complexity index is 805. The van der Waals surface area contributed by atoms with Gasteiger partial charge >= 0.3 is 0 Å². The van der Waals surface area contributed by atoms with E-state index in [1.165, 1.54) is 12.1 Å². The molecule has 0 aliphatic carbocycles. The maximum Gasteiger partial charge on any atom is 0.231 e. The van der Waals surface area contributed by atoms with E-state index in [9.17, 15) is 14.0 Å². The van der Waals surface area contributed by atoms with Gasteiger partial charge in [-0.1, -0.05) is 42.5 Å². The minimum absolute atomic E-state index is 0.0555. The van der Waals surface area contributed by atoms with Crippen LogP contribution in [0.15, 0.2) is 61.2 Å². The summed E-state index contributed by atoms with van der Waals surface area (Å²) in [7, 11) is 0. The molecular formula is C20H19FN2O2. The Morgan fingerprint density at radius 2 is 2.04 bits per heavy atom. The molecule has 128 valence electrons. The van der Waals surface area contributed by atoms with E-state index in [-0.39, 0.29) is 18.2 Å². The first-order valence-corrected chi connectivity index (χ1v) is 8.11. The molecule has 1 aliphatic rings. The van der Waals surface area contributed by atoms with E-state index in [4.69, 9.17) is 0 Å². The number of hydrogen-bond donors (Lipinski definition) is 1. The van der Waals surface area contributed by atoms with Crippen LogP contribution in [0.5, 0.6) is 0 Å². The second kappa shape index (κ2) is 7.30. The molecule has 3 rings (SSSR count). The highest BCUT2D eigenvalue weighted by Gasteiger charge is 2.33. The second-order valence-electron chi connectivity index (χ2n) is 6.03. The topological polar surface area (TPSA) is 49.4 Å². The van der Waals surface area contributed by atoms with Crippen molar-refractivity contribution in [2.45, 2.75) is 18.9 Å². The quantitative estimate of drug-likeness (QED) is 0.849. The summed E-state index contributed by atoms with van der Waals surface area (Å²) in [4.78, 5) is 26.7. The van der Waals surface area contributed by atoms with Gasteiger partial charge in [-0.2, -0.15) is 0 Å². The zero-order valence-electron chi connectivity index (χ0n) is 13.7. The summed E-state index contributed by atoms with van der Waals surface area (Å²) in [5, 5.41) is 2.64. The molecule has 1 unspecified atom stereocenters. The predicted octanol–water partition coefficient (Wildman–Crippen LogP) is 3.47. The summed E-state index contributed by atoms with van der Waals surface area (Å²) < 4.78 is 13.5. The molecule has 5 heteroatoms. The highest BCUT2D eigenvalue weighted by molar-refractivity contribution is 6.01. The van der Waals surface area contributed by atoms with Gasteiger partial charge in [-0.25, -0.2) is 4.39 Å². The van der Waals surface area contributed by atoms with Gasteiger partial charge in [0.2, 0.25) is 11.8 Å². The molecule has 4 nitrogen and oxygen atoms in total. The average Bonchev–Trinajstić information content (AvgIpc) is 2.60. The number of carbonyl (C=O) groups is 2. The molecule has 0 bridgehead atoms. The van der Waals surface area contributed by atoms with Crippen LogP contribution in [-0.2, 0) is 16.1 Å². The van der Waals surface area contributed by atoms with Crippen molar-refractivity contribution in [2.24, 2.45) is 0 Å². The number of hydrogen-bond acceptors (Lipinski definition) is 2. The number of halogens is 1. The Kier molecular flexibility index (Phi) is 4.93. The van der Waals surface area contributed by atoms with Gasteiger partial charge in [0, 0.05) is 25.2 Å². The number of nitrogens with zero attached hydrogens (tertiary/aromatic N) is 1. The van der Waals surface area contributed by atoms with Gasteiger partial charge in [0.05, 0.1) is 5.92 Å². The fraction of sp³-hybridized carbons (Fsp3) is 0.200. The third-order valence-corrected chi connectivity index (χ3v) is 4.23. The van der Waals surface area contributed by atoms with Crippen LogP contribution in [0, 0.1) is 5.82 Å². The molecule has 0 aromatic heterocycles. The predicted molar refractivity (Wildman–Crippen MR) is 94.4 cm³/mol. The lowest BCUT2D eigenvalue weighted by Crippen LogP contribution is -2.38. The number of rotatable bonds is 5. The smallest absolute Gasteiger partial charge is 0.231 e. The van der Waals surface area contributed by atoms with Crippen molar-refractivity contribution in [2.75, 3.05) is 11.9 Å². The number of benzene rings is 2. The van der Waals surface area contributed by atoms with Crippen LogP contribution in [0.1, 0.15) is 23.5 Å². The Balaban J connectivity index is 1.89. The molecule has 0 fully saturated rings. The fourth-order valence-corrected chi connectivity index (χ4v) is 3.07. The lowest BCUT2D eigenvalue weighted by atomic mass is 9.89. The van der Waals surface area contributed by atoms with E-state index >= 15 is 0 Å². The largest absolute Gasteiger partial charge is 0.334 e. The average molecular weight is 338 g/mol. The number of amides is 2. The molecule has 1 atom stereocenters. The van der Waals surface area contributed by atoms with Gasteiger partial charge in [-0.15, -0.1) is 6.58 Å². The molecule has 0 saturated heterocycles. The van der Waals surface area contributed by atoms with Crippen molar-refractivity contribution in [3.63, 3.8) is 0 Å². The molecule has 1 heterocycles. The van der Waals surface area contributed by atoms with Crippen molar-refractivity contribution in [3.8, 4) is 0 Å². The molecule has 0 saturated carbocycles. The third kappa shape index (κ3) is 3.76. The van der Waals surface area contributed by atoms with Crippen molar-refractivity contribution in [1.29, 1.82) is 0 Å². The Morgan fingerprint density at radius 3 is 2.76 bits per heavy atom. The van der Waals surface area contributed by atoms with Gasteiger partial charge in [0.25, 0.3) is 0 Å². The number of fused-ring (bicyclic) bond motifs is 1.